The maximum absolute atomic E-state index is 12.4. The Balaban J connectivity index is 2.77. The van der Waals surface area contributed by atoms with Gasteiger partial charge in [0.15, 0.2) is 0 Å². The molecule has 1 fully saturated rings. The van der Waals surface area contributed by atoms with Crippen molar-refractivity contribution in [3.8, 4) is 0 Å². The van der Waals surface area contributed by atoms with Gasteiger partial charge in [-0.05, 0) is 26.7 Å². The summed E-state index contributed by atoms with van der Waals surface area (Å²) >= 11 is 0. The Hall–Kier alpha value is -0.770. The lowest BCUT2D eigenvalue weighted by Crippen LogP contribution is -2.58. The number of nitrogens with two attached hydrogens (primary N) is 1. The molecule has 2 amide bonds. The molecule has 0 unspecified atom stereocenters. The average Bonchev–Trinajstić information content (AvgIpc) is 2.39. The summed E-state index contributed by atoms with van der Waals surface area (Å²) in [7, 11) is 1.92. The van der Waals surface area contributed by atoms with Crippen LogP contribution in [0.25, 0.3) is 0 Å². The fourth-order valence-electron chi connectivity index (χ4n) is 2.80. The molecule has 0 radical (unpaired) electrons. The fraction of sp³-hybridized carbons (Fsp3) is 0.923. The number of hydrogen-bond acceptors (Lipinski definition) is 2. The molecular formula is C13H27N3O. The Morgan fingerprint density at radius 3 is 2.12 bits per heavy atom. The highest BCUT2D eigenvalue weighted by Gasteiger charge is 2.38. The van der Waals surface area contributed by atoms with E-state index in [1.165, 1.54) is 19.3 Å². The number of likely N-dealkylation sites (N-methyl/N-ethyl adjacent to an activating group) is 1. The van der Waals surface area contributed by atoms with Crippen LogP contribution >= 0.6 is 0 Å². The Bertz CT molecular complexity index is 245. The van der Waals surface area contributed by atoms with E-state index in [9.17, 15) is 4.79 Å². The molecule has 1 aliphatic rings. The lowest BCUT2D eigenvalue weighted by Gasteiger charge is -2.45. The van der Waals surface area contributed by atoms with Gasteiger partial charge in [0.2, 0.25) is 0 Å². The van der Waals surface area contributed by atoms with Crippen LogP contribution < -0.4 is 5.73 Å². The Kier molecular flexibility index (Phi) is 5.25. The summed E-state index contributed by atoms with van der Waals surface area (Å²) in [5, 5.41) is 0. The lowest BCUT2D eigenvalue weighted by molar-refractivity contribution is 0.0820. The van der Waals surface area contributed by atoms with Crippen LogP contribution in [0.5, 0.6) is 0 Å². The number of hydrogen-bond donors (Lipinski definition) is 1. The lowest BCUT2D eigenvalue weighted by atomic mass is 9.80. The largest absolute Gasteiger partial charge is 0.328 e. The predicted octanol–water partition coefficient (Wildman–Crippen LogP) is 2.04. The summed E-state index contributed by atoms with van der Waals surface area (Å²) in [4.78, 5) is 16.1. The van der Waals surface area contributed by atoms with Crippen molar-refractivity contribution in [1.29, 1.82) is 0 Å². The van der Waals surface area contributed by atoms with E-state index in [0.29, 0.717) is 6.54 Å². The van der Waals surface area contributed by atoms with Crippen LogP contribution in [0.2, 0.25) is 0 Å². The molecule has 0 aromatic rings. The van der Waals surface area contributed by atoms with Crippen LogP contribution in [0.1, 0.15) is 46.0 Å². The molecule has 1 saturated carbocycles. The number of carbonyl (C=O) groups is 1. The Morgan fingerprint density at radius 1 is 1.18 bits per heavy atom. The van der Waals surface area contributed by atoms with Gasteiger partial charge in [-0.2, -0.15) is 0 Å². The second kappa shape index (κ2) is 6.24. The van der Waals surface area contributed by atoms with Gasteiger partial charge in [-0.25, -0.2) is 4.79 Å². The number of rotatable bonds is 4. The smallest absolute Gasteiger partial charge is 0.320 e. The van der Waals surface area contributed by atoms with Crippen molar-refractivity contribution >= 4 is 6.03 Å². The van der Waals surface area contributed by atoms with Crippen molar-refractivity contribution in [2.75, 3.05) is 26.7 Å². The van der Waals surface area contributed by atoms with Gasteiger partial charge in [-0.1, -0.05) is 19.3 Å². The summed E-state index contributed by atoms with van der Waals surface area (Å²) in [5.41, 5.74) is 5.85. The van der Waals surface area contributed by atoms with Gasteiger partial charge in [-0.3, -0.25) is 0 Å². The maximum atomic E-state index is 12.4. The standard InChI is InChI=1S/C13H27N3O/c1-4-16(5-2)12(17)15(3)13(11-14)9-7-6-8-10-13/h4-11,14H2,1-3H3. The first-order chi connectivity index (χ1) is 8.11. The van der Waals surface area contributed by atoms with Gasteiger partial charge >= 0.3 is 6.03 Å². The summed E-state index contributed by atoms with van der Waals surface area (Å²) < 4.78 is 0. The van der Waals surface area contributed by atoms with E-state index in [1.54, 1.807) is 0 Å². The minimum Gasteiger partial charge on any atom is -0.328 e. The molecule has 4 heteroatoms. The first-order valence-electron chi connectivity index (χ1n) is 6.84. The van der Waals surface area contributed by atoms with Crippen LogP contribution in [0.3, 0.4) is 0 Å². The monoisotopic (exact) mass is 241 g/mol. The molecule has 17 heavy (non-hydrogen) atoms. The molecule has 0 aromatic carbocycles. The van der Waals surface area contributed by atoms with Gasteiger partial charge < -0.3 is 15.5 Å². The first kappa shape index (κ1) is 14.3. The molecule has 100 valence electrons. The molecule has 2 N–H and O–H groups in total. The molecule has 0 heterocycles. The maximum Gasteiger partial charge on any atom is 0.320 e. The normalized spacial score (nSPS) is 18.8. The van der Waals surface area contributed by atoms with Gasteiger partial charge in [-0.15, -0.1) is 0 Å². The summed E-state index contributed by atoms with van der Waals surface area (Å²) in [6, 6.07) is 0.127. The third-order valence-electron chi connectivity index (χ3n) is 4.20. The van der Waals surface area contributed by atoms with Crippen LogP contribution in [0.4, 0.5) is 4.79 Å². The highest BCUT2D eigenvalue weighted by molar-refractivity contribution is 5.75. The van der Waals surface area contributed by atoms with Crippen molar-refractivity contribution < 1.29 is 4.79 Å². The molecule has 0 atom stereocenters. The molecule has 1 rings (SSSR count). The summed E-state index contributed by atoms with van der Waals surface area (Å²) in [5.74, 6) is 0. The van der Waals surface area contributed by atoms with Gasteiger partial charge in [0.25, 0.3) is 0 Å². The molecule has 0 aliphatic heterocycles. The molecule has 0 aromatic heterocycles. The molecular weight excluding hydrogens is 214 g/mol. The van der Waals surface area contributed by atoms with Crippen LogP contribution in [0.15, 0.2) is 0 Å². The number of urea groups is 1. The zero-order chi connectivity index (χ0) is 12.9. The van der Waals surface area contributed by atoms with Crippen molar-refractivity contribution in [3.63, 3.8) is 0 Å². The van der Waals surface area contributed by atoms with Crippen LogP contribution in [-0.2, 0) is 0 Å². The second-order valence-electron chi connectivity index (χ2n) is 5.00. The van der Waals surface area contributed by atoms with Crippen molar-refractivity contribution in [3.05, 3.63) is 0 Å². The van der Waals surface area contributed by atoms with E-state index in [1.807, 2.05) is 30.7 Å². The number of amides is 2. The quantitative estimate of drug-likeness (QED) is 0.819. The SMILES string of the molecule is CCN(CC)C(=O)N(C)C1(CN)CCCCC1. The van der Waals surface area contributed by atoms with Crippen molar-refractivity contribution in [2.24, 2.45) is 5.73 Å². The highest BCUT2D eigenvalue weighted by Crippen LogP contribution is 2.32. The fourth-order valence-corrected chi connectivity index (χ4v) is 2.80. The van der Waals surface area contributed by atoms with Crippen LogP contribution in [-0.4, -0.2) is 48.1 Å². The van der Waals surface area contributed by atoms with E-state index in [-0.39, 0.29) is 11.6 Å². The van der Waals surface area contributed by atoms with E-state index in [2.05, 4.69) is 0 Å². The van der Waals surface area contributed by atoms with E-state index < -0.39 is 0 Å². The molecule has 0 saturated heterocycles. The summed E-state index contributed by atoms with van der Waals surface area (Å²) in [6.45, 7) is 6.15. The third-order valence-corrected chi connectivity index (χ3v) is 4.20. The zero-order valence-corrected chi connectivity index (χ0v) is 11.5. The summed E-state index contributed by atoms with van der Waals surface area (Å²) in [6.07, 6.45) is 5.75. The number of nitrogens with zero attached hydrogens (tertiary/aromatic N) is 2. The predicted molar refractivity (Wildman–Crippen MR) is 71.0 cm³/mol. The Morgan fingerprint density at radius 2 is 1.71 bits per heavy atom. The molecule has 0 bridgehead atoms. The van der Waals surface area contributed by atoms with E-state index in [0.717, 1.165) is 25.9 Å². The third kappa shape index (κ3) is 2.92. The van der Waals surface area contributed by atoms with Crippen molar-refractivity contribution in [2.45, 2.75) is 51.5 Å². The average molecular weight is 241 g/mol. The van der Waals surface area contributed by atoms with Gasteiger partial charge in [0.05, 0.1) is 5.54 Å². The van der Waals surface area contributed by atoms with Crippen molar-refractivity contribution in [1.82, 2.24) is 9.80 Å². The second-order valence-corrected chi connectivity index (χ2v) is 5.00. The minimum atomic E-state index is -0.0993. The molecule has 0 spiro atoms. The van der Waals surface area contributed by atoms with Gasteiger partial charge in [0.1, 0.15) is 0 Å². The van der Waals surface area contributed by atoms with E-state index in [4.69, 9.17) is 5.73 Å². The first-order valence-corrected chi connectivity index (χ1v) is 6.84. The topological polar surface area (TPSA) is 49.6 Å². The van der Waals surface area contributed by atoms with Gasteiger partial charge in [0, 0.05) is 26.7 Å². The van der Waals surface area contributed by atoms with E-state index >= 15 is 0 Å². The number of carbonyl (C=O) groups excluding carboxylic acids is 1. The molecule has 4 nitrogen and oxygen atoms in total. The minimum absolute atomic E-state index is 0.0993. The van der Waals surface area contributed by atoms with Crippen LogP contribution in [0, 0.1) is 0 Å². The molecule has 1 aliphatic carbocycles. The Labute approximate surface area is 105 Å². The highest BCUT2D eigenvalue weighted by atomic mass is 16.2. The zero-order valence-electron chi connectivity index (χ0n) is 11.5.